The van der Waals surface area contributed by atoms with E-state index >= 15 is 0 Å². The summed E-state index contributed by atoms with van der Waals surface area (Å²) in [6, 6.07) is 11.0. The Morgan fingerprint density at radius 2 is 2.05 bits per heavy atom. The van der Waals surface area contributed by atoms with Gasteiger partial charge in [-0.25, -0.2) is 0 Å². The highest BCUT2D eigenvalue weighted by Crippen LogP contribution is 2.22. The maximum atomic E-state index is 12.4. The van der Waals surface area contributed by atoms with Crippen LogP contribution in [0.2, 0.25) is 0 Å². The third-order valence-electron chi connectivity index (χ3n) is 3.25. The normalized spacial score (nSPS) is 10.5. The zero-order chi connectivity index (χ0) is 14.8. The molecule has 5 nitrogen and oxygen atoms in total. The molecular weight excluding hydrogens is 264 g/mol. The van der Waals surface area contributed by atoms with Gasteiger partial charge in [-0.2, -0.15) is 0 Å². The molecule has 21 heavy (non-hydrogen) atoms. The summed E-state index contributed by atoms with van der Waals surface area (Å²) in [7, 11) is 0. The minimum absolute atomic E-state index is 0.233. The predicted octanol–water partition coefficient (Wildman–Crippen LogP) is 2.77. The van der Waals surface area contributed by atoms with Crippen LogP contribution < -0.4 is 11.1 Å². The van der Waals surface area contributed by atoms with Crippen molar-refractivity contribution in [3.63, 3.8) is 0 Å². The van der Waals surface area contributed by atoms with Crippen molar-refractivity contribution in [2.75, 3.05) is 11.1 Å². The van der Waals surface area contributed by atoms with Crippen molar-refractivity contribution in [3.8, 4) is 0 Å². The van der Waals surface area contributed by atoms with E-state index in [0.717, 1.165) is 10.9 Å². The van der Waals surface area contributed by atoms with Crippen LogP contribution in [-0.2, 0) is 0 Å². The molecule has 5 heteroatoms. The number of aryl methyl sites for hydroxylation is 1. The van der Waals surface area contributed by atoms with Crippen LogP contribution in [0.25, 0.3) is 10.9 Å². The number of aromatic nitrogens is 2. The zero-order valence-corrected chi connectivity index (χ0v) is 11.5. The monoisotopic (exact) mass is 278 g/mol. The standard InChI is InChI=1S/C16H14N4O/c1-10-13(8-11(17)9-19-10)16(21)20-15-6-2-5-14-12(15)4-3-7-18-14/h2-9H,17H2,1H3,(H,20,21). The van der Waals surface area contributed by atoms with Crippen molar-refractivity contribution >= 4 is 28.2 Å². The fraction of sp³-hybridized carbons (Fsp3) is 0.0625. The molecule has 0 atom stereocenters. The molecule has 1 aromatic carbocycles. The van der Waals surface area contributed by atoms with Crippen molar-refractivity contribution in [2.24, 2.45) is 0 Å². The largest absolute Gasteiger partial charge is 0.397 e. The lowest BCUT2D eigenvalue weighted by Gasteiger charge is -2.10. The minimum atomic E-state index is -0.233. The molecule has 0 aliphatic rings. The number of anilines is 2. The number of nitrogens with zero attached hydrogens (tertiary/aromatic N) is 2. The first-order valence-corrected chi connectivity index (χ1v) is 6.52. The Morgan fingerprint density at radius 3 is 2.90 bits per heavy atom. The summed E-state index contributed by atoms with van der Waals surface area (Å²) in [6.45, 7) is 1.78. The number of hydrogen-bond donors (Lipinski definition) is 2. The van der Waals surface area contributed by atoms with Gasteiger partial charge in [0.15, 0.2) is 0 Å². The Hall–Kier alpha value is -2.95. The van der Waals surface area contributed by atoms with E-state index in [1.54, 1.807) is 19.2 Å². The molecule has 0 aliphatic heterocycles. The number of benzene rings is 1. The van der Waals surface area contributed by atoms with Gasteiger partial charge in [-0.1, -0.05) is 6.07 Å². The second-order valence-electron chi connectivity index (χ2n) is 4.73. The van der Waals surface area contributed by atoms with Crippen molar-refractivity contribution in [1.82, 2.24) is 9.97 Å². The van der Waals surface area contributed by atoms with E-state index in [2.05, 4.69) is 15.3 Å². The molecule has 0 saturated heterocycles. The van der Waals surface area contributed by atoms with Crippen molar-refractivity contribution in [3.05, 3.63) is 60.0 Å². The number of fused-ring (bicyclic) bond motifs is 1. The molecule has 0 fully saturated rings. The Morgan fingerprint density at radius 1 is 1.19 bits per heavy atom. The molecule has 2 heterocycles. The summed E-state index contributed by atoms with van der Waals surface area (Å²) in [4.78, 5) is 20.8. The topological polar surface area (TPSA) is 80.9 Å². The highest BCUT2D eigenvalue weighted by atomic mass is 16.1. The summed E-state index contributed by atoms with van der Waals surface area (Å²) >= 11 is 0. The van der Waals surface area contributed by atoms with Gasteiger partial charge in [0, 0.05) is 11.6 Å². The lowest BCUT2D eigenvalue weighted by atomic mass is 10.1. The second-order valence-corrected chi connectivity index (χ2v) is 4.73. The number of amides is 1. The summed E-state index contributed by atoms with van der Waals surface area (Å²) in [5.41, 5.74) is 8.81. The Kier molecular flexibility index (Phi) is 3.23. The van der Waals surface area contributed by atoms with Crippen LogP contribution in [0.3, 0.4) is 0 Å². The molecule has 3 aromatic rings. The van der Waals surface area contributed by atoms with Gasteiger partial charge in [0.2, 0.25) is 0 Å². The molecule has 0 unspecified atom stereocenters. The first kappa shape index (κ1) is 13.1. The second kappa shape index (κ2) is 5.20. The van der Waals surface area contributed by atoms with Crippen molar-refractivity contribution < 1.29 is 4.79 Å². The fourth-order valence-corrected chi connectivity index (χ4v) is 2.18. The van der Waals surface area contributed by atoms with Crippen LogP contribution in [-0.4, -0.2) is 15.9 Å². The summed E-state index contributed by atoms with van der Waals surface area (Å²) in [5.74, 6) is -0.233. The molecular formula is C16H14N4O. The van der Waals surface area contributed by atoms with Gasteiger partial charge in [0.25, 0.3) is 5.91 Å². The number of hydrogen-bond acceptors (Lipinski definition) is 4. The van der Waals surface area contributed by atoms with Crippen molar-refractivity contribution in [2.45, 2.75) is 6.92 Å². The zero-order valence-electron chi connectivity index (χ0n) is 11.5. The molecule has 0 radical (unpaired) electrons. The van der Waals surface area contributed by atoms with Gasteiger partial charge in [-0.3, -0.25) is 14.8 Å². The van der Waals surface area contributed by atoms with Crippen LogP contribution in [0.15, 0.2) is 48.8 Å². The highest BCUT2D eigenvalue weighted by Gasteiger charge is 2.12. The highest BCUT2D eigenvalue weighted by molar-refractivity contribution is 6.09. The Labute approximate surface area is 121 Å². The number of carbonyl (C=O) groups excluding carboxylic acids is 1. The number of pyridine rings is 2. The van der Waals surface area contributed by atoms with E-state index in [9.17, 15) is 4.79 Å². The molecule has 0 aliphatic carbocycles. The van der Waals surface area contributed by atoms with Gasteiger partial charge in [-0.05, 0) is 37.3 Å². The number of nitrogens with two attached hydrogens (primary N) is 1. The van der Waals surface area contributed by atoms with E-state index in [4.69, 9.17) is 5.73 Å². The van der Waals surface area contributed by atoms with E-state index in [1.807, 2.05) is 30.3 Å². The number of rotatable bonds is 2. The van der Waals surface area contributed by atoms with Crippen LogP contribution in [0.5, 0.6) is 0 Å². The smallest absolute Gasteiger partial charge is 0.257 e. The quantitative estimate of drug-likeness (QED) is 0.755. The first-order valence-electron chi connectivity index (χ1n) is 6.52. The van der Waals surface area contributed by atoms with Crippen LogP contribution in [0, 0.1) is 6.92 Å². The third kappa shape index (κ3) is 2.53. The van der Waals surface area contributed by atoms with E-state index in [-0.39, 0.29) is 5.91 Å². The Bertz CT molecular complexity index is 824. The molecule has 0 spiro atoms. The molecule has 2 aromatic heterocycles. The van der Waals surface area contributed by atoms with Crippen LogP contribution in [0.1, 0.15) is 16.1 Å². The van der Waals surface area contributed by atoms with Crippen molar-refractivity contribution in [1.29, 1.82) is 0 Å². The van der Waals surface area contributed by atoms with Gasteiger partial charge < -0.3 is 11.1 Å². The maximum absolute atomic E-state index is 12.4. The van der Waals surface area contributed by atoms with Gasteiger partial charge in [0.05, 0.1) is 34.3 Å². The summed E-state index contributed by atoms with van der Waals surface area (Å²) in [5, 5.41) is 3.79. The summed E-state index contributed by atoms with van der Waals surface area (Å²) < 4.78 is 0. The lowest BCUT2D eigenvalue weighted by Crippen LogP contribution is -2.14. The van der Waals surface area contributed by atoms with E-state index < -0.39 is 0 Å². The van der Waals surface area contributed by atoms with Gasteiger partial charge >= 0.3 is 0 Å². The molecule has 3 N–H and O–H groups in total. The number of carbonyl (C=O) groups is 1. The maximum Gasteiger partial charge on any atom is 0.257 e. The average Bonchev–Trinajstić information content (AvgIpc) is 2.50. The summed E-state index contributed by atoms with van der Waals surface area (Å²) in [6.07, 6.45) is 3.26. The van der Waals surface area contributed by atoms with Crippen LogP contribution >= 0.6 is 0 Å². The Balaban J connectivity index is 1.99. The van der Waals surface area contributed by atoms with Gasteiger partial charge in [-0.15, -0.1) is 0 Å². The first-order chi connectivity index (χ1) is 10.1. The van der Waals surface area contributed by atoms with Crippen LogP contribution in [0.4, 0.5) is 11.4 Å². The lowest BCUT2D eigenvalue weighted by molar-refractivity contribution is 0.102. The molecule has 3 rings (SSSR count). The minimum Gasteiger partial charge on any atom is -0.397 e. The average molecular weight is 278 g/mol. The SMILES string of the molecule is Cc1ncc(N)cc1C(=O)Nc1cccc2ncccc12. The fourth-order valence-electron chi connectivity index (χ4n) is 2.18. The predicted molar refractivity (Wildman–Crippen MR) is 83.1 cm³/mol. The molecule has 0 bridgehead atoms. The third-order valence-corrected chi connectivity index (χ3v) is 3.25. The molecule has 104 valence electrons. The molecule has 1 amide bonds. The molecule has 0 saturated carbocycles. The number of nitrogens with one attached hydrogen (secondary N) is 1. The van der Waals surface area contributed by atoms with E-state index in [1.165, 1.54) is 6.20 Å². The van der Waals surface area contributed by atoms with Gasteiger partial charge in [0.1, 0.15) is 0 Å². The number of nitrogen functional groups attached to an aromatic ring is 1. The van der Waals surface area contributed by atoms with E-state index in [0.29, 0.717) is 22.6 Å².